The van der Waals surface area contributed by atoms with Crippen LogP contribution in [-0.2, 0) is 20.0 Å². The van der Waals surface area contributed by atoms with E-state index in [0.717, 1.165) is 22.6 Å². The van der Waals surface area contributed by atoms with Crippen LogP contribution in [0, 0.1) is 27.9 Å². The maximum Gasteiger partial charge on any atom is 0.514 e. The van der Waals surface area contributed by atoms with Crippen molar-refractivity contribution < 1.29 is 48.4 Å². The van der Waals surface area contributed by atoms with Crippen molar-refractivity contribution in [2.45, 2.75) is 17.3 Å². The summed E-state index contributed by atoms with van der Waals surface area (Å²) in [6.07, 6.45) is 0. The number of hydrogen-bond acceptors (Lipinski definition) is 5. The Balaban J connectivity index is 3.79. The van der Waals surface area contributed by atoms with E-state index in [-0.39, 0.29) is 0 Å². The molecular weight excluding hydrogens is 495 g/mol. The second kappa shape index (κ2) is 6.01. The lowest BCUT2D eigenvalue weighted by Crippen LogP contribution is -2.42. The number of alkyl halides is 3. The van der Waals surface area contributed by atoms with Crippen molar-refractivity contribution in [2.24, 2.45) is 0 Å². The number of sulfonamides is 2. The first-order valence-electron chi connectivity index (χ1n) is 4.96. The Hall–Kier alpha value is -0.650. The molecule has 1 aromatic carbocycles. The molecule has 0 aromatic heterocycles. The van der Waals surface area contributed by atoms with Crippen LogP contribution in [0.2, 0.25) is 0 Å². The van der Waals surface area contributed by atoms with Crippen LogP contribution in [0.5, 0.6) is 0 Å². The lowest BCUT2D eigenvalue weighted by molar-refractivity contribution is -0.0580. The van der Waals surface area contributed by atoms with Crippen molar-refractivity contribution in [3.63, 3.8) is 0 Å². The van der Waals surface area contributed by atoms with Gasteiger partial charge in [-0.05, 0) is 29.5 Å². The first-order valence-corrected chi connectivity index (χ1v) is 8.92. The van der Waals surface area contributed by atoms with Crippen LogP contribution in [-0.4, -0.2) is 31.4 Å². The highest BCUT2D eigenvalue weighted by atomic mass is 127. The molecule has 0 radical (unpaired) electrons. The minimum absolute atomic E-state index is 0.543. The Morgan fingerprint density at radius 3 is 1.83 bits per heavy atom. The Morgan fingerprint density at radius 1 is 1.00 bits per heavy atom. The van der Waals surface area contributed by atoms with Crippen LogP contribution >= 0.6 is 22.6 Å². The number of nitrogens with zero attached hydrogens (tertiary/aromatic N) is 1. The van der Waals surface area contributed by atoms with E-state index in [0.29, 0.717) is 6.92 Å². The summed E-state index contributed by atoms with van der Waals surface area (Å²) in [7, 11) is -12.8. The van der Waals surface area contributed by atoms with Crippen molar-refractivity contribution in [3.8, 4) is 0 Å². The molecule has 0 amide bonds. The van der Waals surface area contributed by atoms with Gasteiger partial charge in [-0.2, -0.15) is 21.6 Å². The summed E-state index contributed by atoms with van der Waals surface area (Å²) in [5.74, 6) is -6.27. The zero-order valence-corrected chi connectivity index (χ0v) is 14.3. The van der Waals surface area contributed by atoms with Crippen LogP contribution in [0.1, 0.15) is 5.56 Å². The third-order valence-electron chi connectivity index (χ3n) is 2.41. The molecule has 0 aliphatic carbocycles. The summed E-state index contributed by atoms with van der Waals surface area (Å²) in [6, 6.07) is 0. The first-order chi connectivity index (χ1) is 10.1. The van der Waals surface area contributed by atoms with E-state index in [2.05, 4.69) is 0 Å². The molecule has 6 nitrogen and oxygen atoms in total. The van der Waals surface area contributed by atoms with Crippen LogP contribution in [0.4, 0.5) is 26.3 Å². The number of hydrogen-bond donors (Lipinski definition) is 1. The van der Waals surface area contributed by atoms with Crippen molar-refractivity contribution in [1.29, 1.82) is 0 Å². The van der Waals surface area contributed by atoms with E-state index in [1.807, 2.05) is 0 Å². The molecular formula is C8H4F6INO5S2. The summed E-state index contributed by atoms with van der Waals surface area (Å²) >= 11 is 0.806. The molecule has 0 fully saturated rings. The summed E-state index contributed by atoms with van der Waals surface area (Å²) in [5.41, 5.74) is -7.43. The van der Waals surface area contributed by atoms with E-state index < -0.39 is 60.9 Å². The molecule has 0 spiro atoms. The van der Waals surface area contributed by atoms with Gasteiger partial charge in [0.2, 0.25) is 0 Å². The highest BCUT2D eigenvalue weighted by Gasteiger charge is 2.55. The van der Waals surface area contributed by atoms with E-state index in [1.54, 1.807) is 0 Å². The maximum atomic E-state index is 13.4. The maximum absolute atomic E-state index is 13.4. The Kier molecular flexibility index (Phi) is 5.33. The van der Waals surface area contributed by atoms with Gasteiger partial charge in [0.25, 0.3) is 10.0 Å². The molecule has 132 valence electrons. The second-order valence-corrected chi connectivity index (χ2v) is 8.62. The molecule has 0 saturated carbocycles. The van der Waals surface area contributed by atoms with Gasteiger partial charge in [-0.3, -0.25) is 5.21 Å². The van der Waals surface area contributed by atoms with Gasteiger partial charge >= 0.3 is 15.5 Å². The Morgan fingerprint density at radius 2 is 1.43 bits per heavy atom. The van der Waals surface area contributed by atoms with Gasteiger partial charge in [0.1, 0.15) is 4.90 Å². The number of halogens is 7. The molecule has 0 aliphatic heterocycles. The fourth-order valence-corrected chi connectivity index (χ4v) is 5.44. The first kappa shape index (κ1) is 20.4. The van der Waals surface area contributed by atoms with Gasteiger partial charge in [0.15, 0.2) is 17.5 Å². The van der Waals surface area contributed by atoms with E-state index in [1.165, 1.54) is 0 Å². The van der Waals surface area contributed by atoms with E-state index in [9.17, 15) is 43.2 Å². The fourth-order valence-electron chi connectivity index (χ4n) is 1.32. The lowest BCUT2D eigenvalue weighted by atomic mass is 10.2. The normalized spacial score (nSPS) is 13.7. The SMILES string of the molecule is Cc1c(F)c(F)c(F)c(I)c1S(=O)(=O)N(O)S(=O)(=O)C(F)(F)F. The summed E-state index contributed by atoms with van der Waals surface area (Å²) in [4.78, 5) is -1.66. The van der Waals surface area contributed by atoms with Gasteiger partial charge < -0.3 is 0 Å². The predicted octanol–water partition coefficient (Wildman–Crippen LogP) is 2.25. The third kappa shape index (κ3) is 3.15. The lowest BCUT2D eigenvalue weighted by Gasteiger charge is -2.19. The molecule has 0 unspecified atom stereocenters. The number of rotatable bonds is 3. The average Bonchev–Trinajstić information content (AvgIpc) is 2.40. The van der Waals surface area contributed by atoms with Crippen LogP contribution in [0.25, 0.3) is 0 Å². The minimum atomic E-state index is -6.79. The smallest absolute Gasteiger partial charge is 0.285 e. The Labute approximate surface area is 138 Å². The fraction of sp³-hybridized carbons (Fsp3) is 0.250. The molecule has 0 atom stereocenters. The van der Waals surface area contributed by atoms with Gasteiger partial charge in [-0.25, -0.2) is 21.6 Å². The van der Waals surface area contributed by atoms with Gasteiger partial charge in [-0.15, -0.1) is 0 Å². The van der Waals surface area contributed by atoms with E-state index in [4.69, 9.17) is 5.21 Å². The zero-order chi connectivity index (χ0) is 18.5. The molecule has 1 N–H and O–H groups in total. The molecule has 1 aromatic rings. The average molecular weight is 499 g/mol. The largest absolute Gasteiger partial charge is 0.514 e. The van der Waals surface area contributed by atoms with Crippen LogP contribution in [0.15, 0.2) is 4.90 Å². The number of benzene rings is 1. The quantitative estimate of drug-likeness (QED) is 0.227. The van der Waals surface area contributed by atoms with Crippen LogP contribution in [0.3, 0.4) is 0 Å². The van der Waals surface area contributed by atoms with Crippen molar-refractivity contribution in [2.75, 3.05) is 0 Å². The molecule has 1 rings (SSSR count). The van der Waals surface area contributed by atoms with Crippen molar-refractivity contribution in [3.05, 3.63) is 26.6 Å². The highest BCUT2D eigenvalue weighted by Crippen LogP contribution is 2.35. The molecule has 0 bridgehead atoms. The monoisotopic (exact) mass is 499 g/mol. The summed E-state index contributed by atoms with van der Waals surface area (Å²) in [5, 5.41) is 8.99. The molecule has 0 saturated heterocycles. The molecule has 0 heterocycles. The van der Waals surface area contributed by atoms with Gasteiger partial charge in [-0.1, -0.05) is 0 Å². The zero-order valence-electron chi connectivity index (χ0n) is 10.5. The molecule has 0 aliphatic rings. The van der Waals surface area contributed by atoms with E-state index >= 15 is 0 Å². The standard InChI is InChI=1S/C8H4F6INO5S2/c1-2-3(9)4(10)5(11)6(15)7(2)22(18,19)16(17)23(20,21)8(12,13)14/h17H,1H3. The Bertz CT molecular complexity index is 837. The van der Waals surface area contributed by atoms with Crippen molar-refractivity contribution >= 4 is 42.6 Å². The highest BCUT2D eigenvalue weighted by molar-refractivity contribution is 14.1. The second-order valence-electron chi connectivity index (χ2n) is 3.84. The van der Waals surface area contributed by atoms with Gasteiger partial charge in [0, 0.05) is 9.44 Å². The predicted molar refractivity (Wildman–Crippen MR) is 69.6 cm³/mol. The summed E-state index contributed by atoms with van der Waals surface area (Å²) < 4.78 is 119. The third-order valence-corrected chi connectivity index (χ3v) is 7.40. The topological polar surface area (TPSA) is 91.8 Å². The molecule has 15 heteroatoms. The van der Waals surface area contributed by atoms with Gasteiger partial charge in [0.05, 0.1) is 3.57 Å². The summed E-state index contributed by atoms with van der Waals surface area (Å²) in [6.45, 7) is 0.543. The van der Waals surface area contributed by atoms with Crippen molar-refractivity contribution in [1.82, 2.24) is 3.87 Å². The minimum Gasteiger partial charge on any atom is -0.285 e. The van der Waals surface area contributed by atoms with Crippen LogP contribution < -0.4 is 0 Å². The molecule has 23 heavy (non-hydrogen) atoms.